The maximum Gasteiger partial charge on any atom is -0.0337 e. The number of hydrogen-bond acceptors (Lipinski definition) is 0. The highest BCUT2D eigenvalue weighted by Crippen LogP contribution is 2.45. The predicted molar refractivity (Wildman–Crippen MR) is 57.2 cm³/mol. The van der Waals surface area contributed by atoms with E-state index >= 15 is 0 Å². The molecule has 0 heteroatoms. The van der Waals surface area contributed by atoms with Crippen LogP contribution in [0.5, 0.6) is 0 Å². The lowest BCUT2D eigenvalue weighted by Crippen LogP contribution is -2.22. The molecule has 0 nitrogen and oxygen atoms in total. The lowest BCUT2D eigenvalue weighted by atomic mass is 9.75. The number of rotatable bonds is 0. The summed E-state index contributed by atoms with van der Waals surface area (Å²) in [5.41, 5.74) is 0.532. The van der Waals surface area contributed by atoms with Gasteiger partial charge in [0.1, 0.15) is 0 Å². The van der Waals surface area contributed by atoms with Crippen molar-refractivity contribution >= 4 is 0 Å². The Bertz CT molecular complexity index is 129. The molecule has 1 fully saturated rings. The van der Waals surface area contributed by atoms with Crippen LogP contribution in [0, 0.1) is 23.2 Å². The summed E-state index contributed by atoms with van der Waals surface area (Å²) < 4.78 is 0. The van der Waals surface area contributed by atoms with E-state index in [1.165, 1.54) is 12.8 Å². The van der Waals surface area contributed by atoms with Crippen LogP contribution in [0.4, 0.5) is 0 Å². The van der Waals surface area contributed by atoms with E-state index in [2.05, 4.69) is 34.6 Å². The normalized spacial score (nSPS) is 36.2. The van der Waals surface area contributed by atoms with Crippen LogP contribution in [-0.4, -0.2) is 0 Å². The largest absolute Gasteiger partial charge is 0.0776 e. The van der Waals surface area contributed by atoms with E-state index in [0.717, 1.165) is 17.8 Å². The molecule has 0 radical (unpaired) electrons. The quantitative estimate of drug-likeness (QED) is 0.507. The predicted octanol–water partition coefficient (Wildman–Crippen LogP) is 4.35. The zero-order valence-corrected chi connectivity index (χ0v) is 8.65. The van der Waals surface area contributed by atoms with Crippen molar-refractivity contribution in [2.75, 3.05) is 0 Å². The second-order valence-corrected chi connectivity index (χ2v) is 5.53. The van der Waals surface area contributed by atoms with Gasteiger partial charge in [0, 0.05) is 0 Å². The van der Waals surface area contributed by atoms with E-state index < -0.39 is 0 Å². The molecule has 1 rings (SSSR count). The Labute approximate surface area is 78.8 Å². The first-order valence-corrected chi connectivity index (χ1v) is 4.91. The molecule has 1 saturated carbocycles. The van der Waals surface area contributed by atoms with E-state index in [4.69, 9.17) is 0 Å². The molecule has 12 heavy (non-hydrogen) atoms. The summed E-state index contributed by atoms with van der Waals surface area (Å²) in [7, 11) is 0. The topological polar surface area (TPSA) is 0 Å². The Kier molecular flexibility index (Phi) is 3.81. The Morgan fingerprint density at radius 3 is 1.67 bits per heavy atom. The zero-order chi connectivity index (χ0) is 8.65. The van der Waals surface area contributed by atoms with E-state index in [-0.39, 0.29) is 7.43 Å². The van der Waals surface area contributed by atoms with Crippen LogP contribution in [0.25, 0.3) is 0 Å². The van der Waals surface area contributed by atoms with Crippen molar-refractivity contribution in [2.45, 2.75) is 54.9 Å². The third kappa shape index (κ3) is 2.50. The van der Waals surface area contributed by atoms with Crippen molar-refractivity contribution in [3.8, 4) is 0 Å². The van der Waals surface area contributed by atoms with Gasteiger partial charge in [0.25, 0.3) is 0 Å². The maximum atomic E-state index is 2.42. The Balaban J connectivity index is 0.00000121. The third-order valence-electron chi connectivity index (χ3n) is 3.23. The van der Waals surface area contributed by atoms with E-state index in [9.17, 15) is 0 Å². The summed E-state index contributed by atoms with van der Waals surface area (Å²) in [6.07, 6.45) is 2.90. The third-order valence-corrected chi connectivity index (χ3v) is 3.23. The first-order chi connectivity index (χ1) is 4.91. The average Bonchev–Trinajstić information content (AvgIpc) is 2.08. The standard InChI is InChI=1S/C11H22.CH4/c1-8-6-9(2)10(7-8)11(3,4)5;/h8-10H,6-7H2,1-5H3;1H4. The molecule has 0 heterocycles. The van der Waals surface area contributed by atoms with Crippen LogP contribution < -0.4 is 0 Å². The lowest BCUT2D eigenvalue weighted by molar-refractivity contribution is 0.194. The van der Waals surface area contributed by atoms with Gasteiger partial charge in [-0.15, -0.1) is 0 Å². The zero-order valence-electron chi connectivity index (χ0n) is 8.65. The van der Waals surface area contributed by atoms with Crippen molar-refractivity contribution in [3.05, 3.63) is 0 Å². The molecule has 3 unspecified atom stereocenters. The average molecular weight is 170 g/mol. The van der Waals surface area contributed by atoms with Gasteiger partial charge in [-0.05, 0) is 36.0 Å². The molecule has 3 atom stereocenters. The summed E-state index contributed by atoms with van der Waals surface area (Å²) in [5.74, 6) is 2.87. The Morgan fingerprint density at radius 2 is 1.50 bits per heavy atom. The van der Waals surface area contributed by atoms with Crippen LogP contribution in [0.15, 0.2) is 0 Å². The van der Waals surface area contributed by atoms with E-state index in [1.54, 1.807) is 0 Å². The summed E-state index contributed by atoms with van der Waals surface area (Å²) in [5, 5.41) is 0. The van der Waals surface area contributed by atoms with Gasteiger partial charge in [-0.1, -0.05) is 42.0 Å². The van der Waals surface area contributed by atoms with Crippen molar-refractivity contribution < 1.29 is 0 Å². The Hall–Kier alpha value is 0. The molecule has 0 aliphatic heterocycles. The fourth-order valence-electron chi connectivity index (χ4n) is 2.77. The van der Waals surface area contributed by atoms with Crippen LogP contribution in [0.1, 0.15) is 54.9 Å². The minimum Gasteiger partial charge on any atom is -0.0776 e. The van der Waals surface area contributed by atoms with Crippen LogP contribution >= 0.6 is 0 Å². The Morgan fingerprint density at radius 1 is 1.00 bits per heavy atom. The monoisotopic (exact) mass is 170 g/mol. The van der Waals surface area contributed by atoms with Gasteiger partial charge >= 0.3 is 0 Å². The molecule has 0 saturated heterocycles. The highest BCUT2D eigenvalue weighted by atomic mass is 14.4. The molecular weight excluding hydrogens is 144 g/mol. The summed E-state index contributed by atoms with van der Waals surface area (Å²) in [6.45, 7) is 12.0. The minimum absolute atomic E-state index is 0. The number of hydrogen-bond donors (Lipinski definition) is 0. The highest BCUT2D eigenvalue weighted by molar-refractivity contribution is 4.86. The second-order valence-electron chi connectivity index (χ2n) is 5.53. The molecule has 74 valence electrons. The van der Waals surface area contributed by atoms with Crippen molar-refractivity contribution in [3.63, 3.8) is 0 Å². The van der Waals surface area contributed by atoms with Gasteiger partial charge in [0.2, 0.25) is 0 Å². The van der Waals surface area contributed by atoms with Crippen molar-refractivity contribution in [2.24, 2.45) is 23.2 Å². The molecule has 1 aliphatic rings. The molecule has 0 N–H and O–H groups in total. The van der Waals surface area contributed by atoms with Gasteiger partial charge in [0.05, 0.1) is 0 Å². The van der Waals surface area contributed by atoms with Crippen molar-refractivity contribution in [1.82, 2.24) is 0 Å². The van der Waals surface area contributed by atoms with Crippen LogP contribution in [0.3, 0.4) is 0 Å². The van der Waals surface area contributed by atoms with Crippen molar-refractivity contribution in [1.29, 1.82) is 0 Å². The molecule has 0 aromatic carbocycles. The fraction of sp³-hybridized carbons (Fsp3) is 1.00. The van der Waals surface area contributed by atoms with Gasteiger partial charge in [-0.2, -0.15) is 0 Å². The highest BCUT2D eigenvalue weighted by Gasteiger charge is 2.36. The molecule has 0 bridgehead atoms. The van der Waals surface area contributed by atoms with Crippen LogP contribution in [-0.2, 0) is 0 Å². The molecule has 1 aliphatic carbocycles. The van der Waals surface area contributed by atoms with E-state index in [1.807, 2.05) is 0 Å². The summed E-state index contributed by atoms with van der Waals surface area (Å²) in [4.78, 5) is 0. The molecular formula is C12H26. The fourth-order valence-corrected chi connectivity index (χ4v) is 2.77. The SMILES string of the molecule is C.CC1CC(C)C(C(C)(C)C)C1. The second kappa shape index (κ2) is 3.81. The maximum absolute atomic E-state index is 2.42. The van der Waals surface area contributed by atoms with Gasteiger partial charge in [0.15, 0.2) is 0 Å². The molecule has 0 aromatic heterocycles. The molecule has 0 aromatic rings. The van der Waals surface area contributed by atoms with Gasteiger partial charge < -0.3 is 0 Å². The first kappa shape index (κ1) is 12.0. The smallest absolute Gasteiger partial charge is 0.0337 e. The van der Waals surface area contributed by atoms with E-state index in [0.29, 0.717) is 5.41 Å². The van der Waals surface area contributed by atoms with Crippen LogP contribution in [0.2, 0.25) is 0 Å². The summed E-state index contributed by atoms with van der Waals surface area (Å²) in [6, 6.07) is 0. The first-order valence-electron chi connectivity index (χ1n) is 4.91. The molecule has 0 amide bonds. The molecule has 0 spiro atoms. The lowest BCUT2D eigenvalue weighted by Gasteiger charge is -2.30. The minimum atomic E-state index is 0. The van der Waals surface area contributed by atoms with Gasteiger partial charge in [-0.3, -0.25) is 0 Å². The van der Waals surface area contributed by atoms with Gasteiger partial charge in [-0.25, -0.2) is 0 Å². The summed E-state index contributed by atoms with van der Waals surface area (Å²) >= 11 is 0.